The fourth-order valence-electron chi connectivity index (χ4n) is 2.06. The SMILES string of the molecule is CC(Cc1ccc(F)cc1)NC(=O)Cc1ccc(N)cn1. The van der Waals surface area contributed by atoms with Crippen LogP contribution >= 0.6 is 0 Å². The number of halogens is 1. The second-order valence-corrected chi connectivity index (χ2v) is 5.06. The maximum atomic E-state index is 12.8. The van der Waals surface area contributed by atoms with Crippen molar-refractivity contribution < 1.29 is 9.18 Å². The Labute approximate surface area is 123 Å². The molecular weight excluding hydrogens is 269 g/mol. The van der Waals surface area contributed by atoms with E-state index in [2.05, 4.69) is 10.3 Å². The Morgan fingerprint density at radius 3 is 2.62 bits per heavy atom. The molecule has 1 amide bonds. The zero-order valence-corrected chi connectivity index (χ0v) is 11.8. The summed E-state index contributed by atoms with van der Waals surface area (Å²) >= 11 is 0. The van der Waals surface area contributed by atoms with Crippen LogP contribution in [-0.4, -0.2) is 16.9 Å². The molecule has 0 aliphatic heterocycles. The summed E-state index contributed by atoms with van der Waals surface area (Å²) in [6, 6.07) is 9.71. The molecular formula is C16H18FN3O. The molecule has 0 bridgehead atoms. The number of nitrogens with two attached hydrogens (primary N) is 1. The molecule has 2 aromatic rings. The quantitative estimate of drug-likeness (QED) is 0.885. The lowest BCUT2D eigenvalue weighted by Gasteiger charge is -2.14. The summed E-state index contributed by atoms with van der Waals surface area (Å²) in [6.07, 6.45) is 2.40. The number of aromatic nitrogens is 1. The zero-order chi connectivity index (χ0) is 15.2. The molecule has 2 rings (SSSR count). The van der Waals surface area contributed by atoms with Crippen molar-refractivity contribution in [3.8, 4) is 0 Å². The molecule has 1 aromatic heterocycles. The molecule has 1 aromatic carbocycles. The minimum Gasteiger partial charge on any atom is -0.397 e. The summed E-state index contributed by atoms with van der Waals surface area (Å²) < 4.78 is 12.8. The lowest BCUT2D eigenvalue weighted by Crippen LogP contribution is -2.35. The lowest BCUT2D eigenvalue weighted by molar-refractivity contribution is -0.121. The maximum Gasteiger partial charge on any atom is 0.226 e. The molecule has 21 heavy (non-hydrogen) atoms. The van der Waals surface area contributed by atoms with Crippen molar-refractivity contribution >= 4 is 11.6 Å². The van der Waals surface area contributed by atoms with Crippen LogP contribution in [0.2, 0.25) is 0 Å². The van der Waals surface area contributed by atoms with Crippen LogP contribution in [0.3, 0.4) is 0 Å². The summed E-state index contributed by atoms with van der Waals surface area (Å²) in [6.45, 7) is 1.91. The molecule has 1 unspecified atom stereocenters. The van der Waals surface area contributed by atoms with E-state index >= 15 is 0 Å². The van der Waals surface area contributed by atoms with E-state index in [1.54, 1.807) is 24.3 Å². The number of carbonyl (C=O) groups excluding carboxylic acids is 1. The predicted octanol–water partition coefficient (Wildman–Crippen LogP) is 2.09. The van der Waals surface area contributed by atoms with Crippen molar-refractivity contribution in [2.24, 2.45) is 0 Å². The van der Waals surface area contributed by atoms with Gasteiger partial charge in [0, 0.05) is 11.7 Å². The molecule has 4 nitrogen and oxygen atoms in total. The fraction of sp³-hybridized carbons (Fsp3) is 0.250. The molecule has 0 spiro atoms. The first-order valence-electron chi connectivity index (χ1n) is 6.77. The first-order valence-corrected chi connectivity index (χ1v) is 6.77. The van der Waals surface area contributed by atoms with Crippen molar-refractivity contribution in [1.29, 1.82) is 0 Å². The van der Waals surface area contributed by atoms with Gasteiger partial charge in [-0.05, 0) is 43.2 Å². The van der Waals surface area contributed by atoms with Gasteiger partial charge >= 0.3 is 0 Å². The average molecular weight is 287 g/mol. The number of carbonyl (C=O) groups is 1. The Kier molecular flexibility index (Phi) is 4.87. The molecule has 1 atom stereocenters. The van der Waals surface area contributed by atoms with E-state index in [9.17, 15) is 9.18 Å². The number of hydrogen-bond acceptors (Lipinski definition) is 3. The third kappa shape index (κ3) is 4.87. The Morgan fingerprint density at radius 1 is 1.29 bits per heavy atom. The predicted molar refractivity (Wildman–Crippen MR) is 80.1 cm³/mol. The van der Waals surface area contributed by atoms with E-state index in [-0.39, 0.29) is 24.2 Å². The monoisotopic (exact) mass is 287 g/mol. The molecule has 1 heterocycles. The summed E-state index contributed by atoms with van der Waals surface area (Å²) in [7, 11) is 0. The van der Waals surface area contributed by atoms with E-state index in [1.165, 1.54) is 18.3 Å². The molecule has 5 heteroatoms. The number of benzene rings is 1. The van der Waals surface area contributed by atoms with Gasteiger partial charge in [-0.15, -0.1) is 0 Å². The molecule has 0 saturated carbocycles. The van der Waals surface area contributed by atoms with Crippen LogP contribution in [-0.2, 0) is 17.6 Å². The number of rotatable bonds is 5. The maximum absolute atomic E-state index is 12.8. The summed E-state index contributed by atoms with van der Waals surface area (Å²) in [5.41, 5.74) is 7.78. The molecule has 0 fully saturated rings. The standard InChI is InChI=1S/C16H18FN3O/c1-11(8-12-2-4-13(17)5-3-12)20-16(21)9-15-7-6-14(18)10-19-15/h2-7,10-11H,8-9,18H2,1H3,(H,20,21). The van der Waals surface area contributed by atoms with Gasteiger partial charge in [0.1, 0.15) is 5.82 Å². The largest absolute Gasteiger partial charge is 0.397 e. The van der Waals surface area contributed by atoms with Gasteiger partial charge in [0.05, 0.1) is 18.3 Å². The molecule has 0 saturated heterocycles. The Hall–Kier alpha value is -2.43. The second-order valence-electron chi connectivity index (χ2n) is 5.06. The Balaban J connectivity index is 1.84. The minimum absolute atomic E-state index is 0.0308. The third-order valence-corrected chi connectivity index (χ3v) is 3.05. The van der Waals surface area contributed by atoms with Crippen LogP contribution in [0.1, 0.15) is 18.2 Å². The summed E-state index contributed by atoms with van der Waals surface area (Å²) in [5.74, 6) is -0.355. The molecule has 0 radical (unpaired) electrons. The zero-order valence-electron chi connectivity index (χ0n) is 11.8. The van der Waals surface area contributed by atoms with E-state index in [4.69, 9.17) is 5.73 Å². The summed E-state index contributed by atoms with van der Waals surface area (Å²) in [5, 5.41) is 2.90. The number of pyridine rings is 1. The molecule has 110 valence electrons. The minimum atomic E-state index is -0.259. The van der Waals surface area contributed by atoms with Crippen LogP contribution in [0.4, 0.5) is 10.1 Å². The number of hydrogen-bond donors (Lipinski definition) is 2. The van der Waals surface area contributed by atoms with Crippen molar-refractivity contribution in [2.45, 2.75) is 25.8 Å². The number of nitrogens with one attached hydrogen (secondary N) is 1. The lowest BCUT2D eigenvalue weighted by atomic mass is 10.1. The highest BCUT2D eigenvalue weighted by Gasteiger charge is 2.09. The highest BCUT2D eigenvalue weighted by atomic mass is 19.1. The third-order valence-electron chi connectivity index (χ3n) is 3.05. The number of amides is 1. The first-order chi connectivity index (χ1) is 10.0. The van der Waals surface area contributed by atoms with Crippen LogP contribution < -0.4 is 11.1 Å². The van der Waals surface area contributed by atoms with Gasteiger partial charge in [-0.25, -0.2) is 4.39 Å². The van der Waals surface area contributed by atoms with Crippen molar-refractivity contribution in [2.75, 3.05) is 5.73 Å². The van der Waals surface area contributed by atoms with Crippen LogP contribution in [0.15, 0.2) is 42.6 Å². The Morgan fingerprint density at radius 2 is 2.00 bits per heavy atom. The van der Waals surface area contributed by atoms with Crippen molar-refractivity contribution in [3.63, 3.8) is 0 Å². The number of nitrogen functional groups attached to an aromatic ring is 1. The smallest absolute Gasteiger partial charge is 0.226 e. The van der Waals surface area contributed by atoms with Crippen LogP contribution in [0, 0.1) is 5.82 Å². The van der Waals surface area contributed by atoms with E-state index in [0.29, 0.717) is 17.8 Å². The Bertz CT molecular complexity index is 596. The second kappa shape index (κ2) is 6.83. The van der Waals surface area contributed by atoms with E-state index < -0.39 is 0 Å². The number of nitrogens with zero attached hydrogens (tertiary/aromatic N) is 1. The van der Waals surface area contributed by atoms with Gasteiger partial charge in [-0.2, -0.15) is 0 Å². The average Bonchev–Trinajstić information content (AvgIpc) is 2.44. The van der Waals surface area contributed by atoms with Gasteiger partial charge in [0.25, 0.3) is 0 Å². The van der Waals surface area contributed by atoms with Crippen LogP contribution in [0.25, 0.3) is 0 Å². The fourth-order valence-corrected chi connectivity index (χ4v) is 2.06. The van der Waals surface area contributed by atoms with Gasteiger partial charge in [0.2, 0.25) is 5.91 Å². The van der Waals surface area contributed by atoms with Gasteiger partial charge in [-0.1, -0.05) is 12.1 Å². The summed E-state index contributed by atoms with van der Waals surface area (Å²) in [4.78, 5) is 16.0. The normalized spacial score (nSPS) is 11.9. The van der Waals surface area contributed by atoms with Gasteiger partial charge in [-0.3, -0.25) is 9.78 Å². The van der Waals surface area contributed by atoms with Crippen molar-refractivity contribution in [1.82, 2.24) is 10.3 Å². The first kappa shape index (κ1) is 15.0. The molecule has 0 aliphatic carbocycles. The number of anilines is 1. The van der Waals surface area contributed by atoms with Crippen LogP contribution in [0.5, 0.6) is 0 Å². The van der Waals surface area contributed by atoms with Gasteiger partial charge < -0.3 is 11.1 Å². The van der Waals surface area contributed by atoms with E-state index in [0.717, 1.165) is 5.56 Å². The highest BCUT2D eigenvalue weighted by molar-refractivity contribution is 5.78. The molecule has 3 N–H and O–H groups in total. The van der Waals surface area contributed by atoms with Crippen molar-refractivity contribution in [3.05, 3.63) is 59.7 Å². The highest BCUT2D eigenvalue weighted by Crippen LogP contribution is 2.06. The topological polar surface area (TPSA) is 68.0 Å². The van der Waals surface area contributed by atoms with E-state index in [1.807, 2.05) is 6.92 Å². The molecule has 0 aliphatic rings. The van der Waals surface area contributed by atoms with Gasteiger partial charge in [0.15, 0.2) is 0 Å².